The van der Waals surface area contributed by atoms with Gasteiger partial charge in [0.25, 0.3) is 38.0 Å². The van der Waals surface area contributed by atoms with Crippen LogP contribution in [0.15, 0.2) is 47.2 Å². The Morgan fingerprint density at radius 3 is 2.17 bits per heavy atom. The smallest absolute Gasteiger partial charge is 0.293 e. The molecule has 0 bridgehead atoms. The van der Waals surface area contributed by atoms with Gasteiger partial charge in [0.2, 0.25) is 35.1 Å². The van der Waals surface area contributed by atoms with Crippen LogP contribution in [0.5, 0.6) is 5.75 Å². The van der Waals surface area contributed by atoms with Crippen molar-refractivity contribution in [2.45, 2.75) is 120 Å². The molecule has 0 spiro atoms. The number of sulfonamides is 1. The van der Waals surface area contributed by atoms with Crippen molar-refractivity contribution in [3.63, 3.8) is 0 Å². The molecule has 3 aromatic rings. The number of nitrogens with zero attached hydrogens (tertiary/aromatic N) is 4. The van der Waals surface area contributed by atoms with Gasteiger partial charge in [0.1, 0.15) is 35.6 Å². The van der Waals surface area contributed by atoms with E-state index in [4.69, 9.17) is 4.74 Å². The highest BCUT2D eigenvalue weighted by Gasteiger charge is 2.37. The molecule has 26 heteroatoms. The fraction of sp³-hybridized carbons (Fsp3) is 0.535. The van der Waals surface area contributed by atoms with E-state index in [1.54, 1.807) is 30.7 Å². The molecule has 2 heterocycles. The number of Topliss-reactive ketones (excluding diaryl/α,β-unsaturated/α-hetero) is 1. The van der Waals surface area contributed by atoms with Crippen molar-refractivity contribution in [2.24, 2.45) is 17.8 Å². The first kappa shape index (κ1) is 55.0. The number of anilines is 1. The Kier molecular flexibility index (Phi) is 20.9. The number of ether oxygens (including phenoxy) is 1. The maximum absolute atomic E-state index is 14.1. The van der Waals surface area contributed by atoms with Crippen molar-refractivity contribution >= 4 is 73.6 Å². The fourth-order valence-corrected chi connectivity index (χ4v) is 9.06. The van der Waals surface area contributed by atoms with Gasteiger partial charge in [-0.15, -0.1) is 10.2 Å². The third kappa shape index (κ3) is 17.2. The molecule has 22 nitrogen and oxygen atoms in total. The first-order valence-corrected chi connectivity index (χ1v) is 24.4. The first-order chi connectivity index (χ1) is 32.7. The molecule has 1 fully saturated rings. The number of aromatic nitrogens is 4. The van der Waals surface area contributed by atoms with Crippen LogP contribution in [0.4, 0.5) is 13.9 Å². The maximum atomic E-state index is 14.1. The molecule has 69 heavy (non-hydrogen) atoms. The zero-order valence-corrected chi connectivity index (χ0v) is 40.2. The van der Waals surface area contributed by atoms with Gasteiger partial charge in [-0.2, -0.15) is 8.42 Å². The molecule has 0 aliphatic heterocycles. The van der Waals surface area contributed by atoms with Crippen molar-refractivity contribution in [3.8, 4) is 5.75 Å². The Morgan fingerprint density at radius 2 is 1.54 bits per heavy atom. The lowest BCUT2D eigenvalue weighted by Crippen LogP contribution is -2.60. The molecule has 1 aliphatic rings. The molecule has 0 radical (unpaired) electrons. The topological polar surface area (TPSA) is 316 Å². The molecule has 0 saturated heterocycles. The Morgan fingerprint density at radius 1 is 0.841 bits per heavy atom. The Balaban J connectivity index is 1.43. The summed E-state index contributed by atoms with van der Waals surface area (Å²) in [4.78, 5) is 114. The van der Waals surface area contributed by atoms with Gasteiger partial charge in [-0.1, -0.05) is 83.6 Å². The number of carbonyl (C=O) groups excluding carboxylic acids is 8. The van der Waals surface area contributed by atoms with Crippen molar-refractivity contribution < 1.29 is 60.3 Å². The highest BCUT2D eigenvalue weighted by molar-refractivity contribution is 7.92. The summed E-state index contributed by atoms with van der Waals surface area (Å²) in [7, 11) is -3.34. The van der Waals surface area contributed by atoms with Crippen molar-refractivity contribution in [2.75, 3.05) is 19.0 Å². The summed E-state index contributed by atoms with van der Waals surface area (Å²) in [5.41, 5.74) is 0.110. The maximum Gasteiger partial charge on any atom is 0.293 e. The number of carbonyl (C=O) groups is 8. The van der Waals surface area contributed by atoms with Crippen LogP contribution in [-0.4, -0.2) is 120 Å². The van der Waals surface area contributed by atoms with Gasteiger partial charge in [0, 0.05) is 24.4 Å². The van der Waals surface area contributed by atoms with E-state index < -0.39 is 111 Å². The standard InChI is InChI=1S/C43H57F2N11O11S2/c1-6-24(4)34(52-38(61)29(17-23(2)3)50-39(62)31-21-46-15-16-47-31)40(63)51-30(18-25-11-8-7-9-12-25)37(60)49-28(20-32(44)45)35(58)41(64)48-22-33(57)56-69(65,66)43-55-54-42(68-43)53-36(59)26-13-10-14-27(19-26)67-5/h10,13-16,19,21,23-25,28-30,32,34H,6-9,11-12,17-18,20,22H2,1-5H3,(H,48,64)(H,49,60)(H,50,62)(H,51,63)(H,52,61)(H,56,57)(H,53,54,59). The Labute approximate surface area is 401 Å². The van der Waals surface area contributed by atoms with Crippen LogP contribution >= 0.6 is 11.3 Å². The molecule has 1 saturated carbocycles. The molecule has 4 rings (SSSR count). The second-order valence-electron chi connectivity index (χ2n) is 16.7. The van der Waals surface area contributed by atoms with E-state index in [2.05, 4.69) is 46.7 Å². The minimum Gasteiger partial charge on any atom is -0.497 e. The molecule has 5 unspecified atom stereocenters. The van der Waals surface area contributed by atoms with E-state index in [9.17, 15) is 55.6 Å². The van der Waals surface area contributed by atoms with Crippen LogP contribution in [0, 0.1) is 17.8 Å². The second kappa shape index (κ2) is 26.3. The van der Waals surface area contributed by atoms with E-state index >= 15 is 0 Å². The van der Waals surface area contributed by atoms with Gasteiger partial charge in [-0.05, 0) is 48.8 Å². The van der Waals surface area contributed by atoms with E-state index in [1.807, 2.05) is 19.2 Å². The van der Waals surface area contributed by atoms with Gasteiger partial charge >= 0.3 is 0 Å². The van der Waals surface area contributed by atoms with Crippen LogP contribution < -0.4 is 41.4 Å². The lowest BCUT2D eigenvalue weighted by molar-refractivity contribution is -0.141. The number of nitrogens with one attached hydrogen (secondary N) is 7. The molecule has 2 aromatic heterocycles. The largest absolute Gasteiger partial charge is 0.497 e. The Hall–Kier alpha value is -6.57. The number of benzene rings is 1. The van der Waals surface area contributed by atoms with Crippen LogP contribution in [0.2, 0.25) is 0 Å². The summed E-state index contributed by atoms with van der Waals surface area (Å²) in [5, 5.41) is 21.2. The number of rotatable bonds is 25. The number of hydrogen-bond acceptors (Lipinski definition) is 16. The lowest BCUT2D eigenvalue weighted by Gasteiger charge is -2.31. The molecule has 1 aliphatic carbocycles. The zero-order chi connectivity index (χ0) is 50.8. The van der Waals surface area contributed by atoms with Gasteiger partial charge in [0.15, 0.2) is 0 Å². The van der Waals surface area contributed by atoms with Crippen LogP contribution in [0.25, 0.3) is 0 Å². The van der Waals surface area contributed by atoms with Crippen LogP contribution in [-0.2, 0) is 38.8 Å². The van der Waals surface area contributed by atoms with Gasteiger partial charge < -0.3 is 31.3 Å². The SMILES string of the molecule is CCC(C)C(NC(=O)C(CC(C)C)NC(=O)c1cnccn1)C(=O)NC(CC1CCCCC1)C(=O)NC(CC(F)F)C(=O)C(=O)NCC(=O)NS(=O)(=O)c1nnc(NC(=O)c2cccc(OC)c2)s1. The van der Waals surface area contributed by atoms with Gasteiger partial charge in [-0.3, -0.25) is 48.7 Å². The molecule has 1 aromatic carbocycles. The lowest BCUT2D eigenvalue weighted by atomic mass is 9.84. The van der Waals surface area contributed by atoms with Crippen molar-refractivity contribution in [1.82, 2.24) is 51.5 Å². The molecular weight excluding hydrogens is 949 g/mol. The van der Waals surface area contributed by atoms with Crippen molar-refractivity contribution in [1.29, 1.82) is 0 Å². The van der Waals surface area contributed by atoms with Crippen molar-refractivity contribution in [3.05, 3.63) is 54.1 Å². The van der Waals surface area contributed by atoms with Crippen LogP contribution in [0.3, 0.4) is 0 Å². The van der Waals surface area contributed by atoms with E-state index in [-0.39, 0.29) is 41.1 Å². The normalized spacial score (nSPS) is 15.1. The van der Waals surface area contributed by atoms with E-state index in [1.165, 1.54) is 37.8 Å². The second-order valence-corrected chi connectivity index (χ2v) is 19.6. The number of hydrogen-bond donors (Lipinski definition) is 7. The molecule has 5 atom stereocenters. The molecular formula is C43H57F2N11O11S2. The van der Waals surface area contributed by atoms with E-state index in [0.29, 0.717) is 36.3 Å². The van der Waals surface area contributed by atoms with Gasteiger partial charge in [-0.25, -0.2) is 18.5 Å². The summed E-state index contributed by atoms with van der Waals surface area (Å²) >= 11 is 0.383. The molecule has 376 valence electrons. The van der Waals surface area contributed by atoms with Gasteiger partial charge in [0.05, 0.1) is 19.9 Å². The minimum atomic E-state index is -4.74. The minimum absolute atomic E-state index is 0.0179. The third-order valence-corrected chi connectivity index (χ3v) is 13.5. The predicted molar refractivity (Wildman–Crippen MR) is 244 cm³/mol. The number of ketones is 1. The summed E-state index contributed by atoms with van der Waals surface area (Å²) < 4.78 is 59.5. The number of halogens is 2. The highest BCUT2D eigenvalue weighted by atomic mass is 32.2. The summed E-state index contributed by atoms with van der Waals surface area (Å²) in [6.45, 7) is 5.96. The molecule has 7 N–H and O–H groups in total. The monoisotopic (exact) mass is 1010 g/mol. The Bertz CT molecular complexity index is 2410. The number of alkyl halides is 2. The fourth-order valence-electron chi connectivity index (χ4n) is 7.18. The summed E-state index contributed by atoms with van der Waals surface area (Å²) in [6, 6.07) is 0.0526. The van der Waals surface area contributed by atoms with E-state index in [0.717, 1.165) is 19.3 Å². The predicted octanol–water partition coefficient (Wildman–Crippen LogP) is 2.05. The van der Waals surface area contributed by atoms with Crippen LogP contribution in [0.1, 0.15) is 106 Å². The average Bonchev–Trinajstić information content (AvgIpc) is 3.81. The zero-order valence-electron chi connectivity index (χ0n) is 38.6. The average molecular weight is 1010 g/mol. The molecule has 7 amide bonds. The highest BCUT2D eigenvalue weighted by Crippen LogP contribution is 2.28. The summed E-state index contributed by atoms with van der Waals surface area (Å²) in [5.74, 6) is -8.90. The third-order valence-electron chi connectivity index (χ3n) is 11.0. The number of amides is 7. The quantitative estimate of drug-likeness (QED) is 0.0472. The number of methoxy groups -OCH3 is 1. The summed E-state index contributed by atoms with van der Waals surface area (Å²) in [6.07, 6.45) is 3.83. The first-order valence-electron chi connectivity index (χ1n) is 22.1.